The third-order valence-electron chi connectivity index (χ3n) is 0.796. The van der Waals surface area contributed by atoms with Gasteiger partial charge < -0.3 is 10.6 Å². The molecule has 2 amide bonds. The topological polar surface area (TPSA) is 64.9 Å². The second-order valence-electron chi connectivity index (χ2n) is 1.86. The van der Waals surface area contributed by atoms with E-state index in [1.807, 2.05) is 0 Å². The summed E-state index contributed by atoms with van der Waals surface area (Å²) in [6.07, 6.45) is 0. The average molecular weight is 130 g/mol. The molecule has 0 bridgehead atoms. The molecule has 0 saturated carbocycles. The van der Waals surface area contributed by atoms with E-state index in [0.717, 1.165) is 0 Å². The van der Waals surface area contributed by atoms with Crippen molar-refractivity contribution < 1.29 is 4.79 Å². The van der Waals surface area contributed by atoms with Gasteiger partial charge in [-0.2, -0.15) is 0 Å². The van der Waals surface area contributed by atoms with E-state index in [9.17, 15) is 4.79 Å². The van der Waals surface area contributed by atoms with Gasteiger partial charge in [0.2, 0.25) is 0 Å². The summed E-state index contributed by atoms with van der Waals surface area (Å²) in [6, 6.07) is -0.462. The quantitative estimate of drug-likeness (QED) is 0.524. The molecule has 1 radical (unpaired) electrons. The molecule has 0 aliphatic carbocycles. The first-order valence-electron chi connectivity index (χ1n) is 2.83. The van der Waals surface area contributed by atoms with E-state index in [-0.39, 0.29) is 12.1 Å². The fraction of sp³-hybridized carbons (Fsp3) is 0.800. The van der Waals surface area contributed by atoms with Crippen LogP contribution in [0.3, 0.4) is 0 Å². The van der Waals surface area contributed by atoms with Crippen molar-refractivity contribution in [2.75, 3.05) is 13.6 Å². The van der Waals surface area contributed by atoms with Gasteiger partial charge in [0.05, 0.1) is 0 Å². The minimum atomic E-state index is -0.234. The van der Waals surface area contributed by atoms with Crippen LogP contribution in [-0.4, -0.2) is 25.7 Å². The summed E-state index contributed by atoms with van der Waals surface area (Å²) >= 11 is 0. The molecule has 0 saturated heterocycles. The van der Waals surface area contributed by atoms with Gasteiger partial charge in [-0.3, -0.25) is 5.73 Å². The number of nitrogens with one attached hydrogen (secondary N) is 3. The molecule has 4 heteroatoms. The van der Waals surface area contributed by atoms with Crippen LogP contribution in [0.15, 0.2) is 0 Å². The van der Waals surface area contributed by atoms with Gasteiger partial charge in [-0.05, 0) is 6.92 Å². The van der Waals surface area contributed by atoms with Crippen molar-refractivity contribution in [2.45, 2.75) is 13.0 Å². The second-order valence-corrected chi connectivity index (χ2v) is 1.86. The van der Waals surface area contributed by atoms with Gasteiger partial charge in [0.25, 0.3) is 0 Å². The molecular weight excluding hydrogens is 118 g/mol. The Kier molecular flexibility index (Phi) is 3.79. The molecule has 0 aromatic heterocycles. The smallest absolute Gasteiger partial charge is 0.314 e. The van der Waals surface area contributed by atoms with Gasteiger partial charge in [0.15, 0.2) is 0 Å². The van der Waals surface area contributed by atoms with Gasteiger partial charge in [-0.15, -0.1) is 0 Å². The van der Waals surface area contributed by atoms with E-state index >= 15 is 0 Å². The first-order chi connectivity index (χ1) is 4.16. The monoisotopic (exact) mass is 130 g/mol. The second kappa shape index (κ2) is 4.14. The summed E-state index contributed by atoms with van der Waals surface area (Å²) in [5.41, 5.74) is 7.00. The maximum atomic E-state index is 10.4. The zero-order valence-corrected chi connectivity index (χ0v) is 5.69. The Labute approximate surface area is 54.8 Å². The molecule has 0 aromatic rings. The lowest BCUT2D eigenvalue weighted by atomic mass is 10.4. The van der Waals surface area contributed by atoms with Gasteiger partial charge in [0, 0.05) is 19.6 Å². The fourth-order valence-electron chi connectivity index (χ4n) is 0.334. The summed E-state index contributed by atoms with van der Waals surface area (Å²) in [4.78, 5) is 10.4. The molecule has 4 nitrogen and oxygen atoms in total. The Hall–Kier alpha value is -0.770. The van der Waals surface area contributed by atoms with Crippen molar-refractivity contribution in [3.05, 3.63) is 0 Å². The highest BCUT2D eigenvalue weighted by atomic mass is 16.2. The summed E-state index contributed by atoms with van der Waals surface area (Å²) < 4.78 is 0. The van der Waals surface area contributed by atoms with E-state index in [0.29, 0.717) is 6.54 Å². The number of amides is 2. The van der Waals surface area contributed by atoms with Crippen LogP contribution < -0.4 is 16.4 Å². The Morgan fingerprint density at radius 1 is 1.78 bits per heavy atom. The van der Waals surface area contributed by atoms with E-state index in [1.165, 1.54) is 0 Å². The van der Waals surface area contributed by atoms with E-state index in [4.69, 9.17) is 5.73 Å². The molecule has 0 aliphatic heterocycles. The van der Waals surface area contributed by atoms with Crippen molar-refractivity contribution in [3.8, 4) is 0 Å². The van der Waals surface area contributed by atoms with Crippen LogP contribution in [0.2, 0.25) is 0 Å². The minimum Gasteiger partial charge on any atom is -0.341 e. The third kappa shape index (κ3) is 5.10. The van der Waals surface area contributed by atoms with Crippen molar-refractivity contribution in [2.24, 2.45) is 0 Å². The standard InChI is InChI=1S/C5H12N3O/c1-4(6)3-8-5(9)7-2/h4,6H,3H2,1-2H3,(H2,7,8,9)/t4-/m0/s1. The Morgan fingerprint density at radius 2 is 2.33 bits per heavy atom. The van der Waals surface area contributed by atoms with Crippen molar-refractivity contribution in [1.82, 2.24) is 16.4 Å². The number of hydrogen-bond donors (Lipinski definition) is 2. The number of hydrogen-bond acceptors (Lipinski definition) is 1. The molecule has 3 N–H and O–H groups in total. The number of carbonyl (C=O) groups is 1. The predicted octanol–water partition coefficient (Wildman–Crippen LogP) is -0.413. The zero-order valence-electron chi connectivity index (χ0n) is 5.69. The van der Waals surface area contributed by atoms with Crippen LogP contribution in [0.5, 0.6) is 0 Å². The molecule has 1 atom stereocenters. The maximum absolute atomic E-state index is 10.4. The first-order valence-corrected chi connectivity index (χ1v) is 2.83. The number of carbonyl (C=O) groups excluding carboxylic acids is 1. The lowest BCUT2D eigenvalue weighted by Crippen LogP contribution is -2.37. The van der Waals surface area contributed by atoms with Crippen LogP contribution in [0.4, 0.5) is 4.79 Å². The molecule has 0 fully saturated rings. The number of urea groups is 1. The molecular formula is C5H12N3O. The van der Waals surface area contributed by atoms with Crippen molar-refractivity contribution in [3.63, 3.8) is 0 Å². The van der Waals surface area contributed by atoms with Crippen LogP contribution in [0, 0.1) is 0 Å². The highest BCUT2D eigenvalue weighted by Gasteiger charge is 1.96. The van der Waals surface area contributed by atoms with Gasteiger partial charge >= 0.3 is 6.03 Å². The normalized spacial score (nSPS) is 12.3. The van der Waals surface area contributed by atoms with Gasteiger partial charge in [0.1, 0.15) is 0 Å². The van der Waals surface area contributed by atoms with E-state index < -0.39 is 0 Å². The summed E-state index contributed by atoms with van der Waals surface area (Å²) in [5, 5.41) is 4.88. The highest BCUT2D eigenvalue weighted by molar-refractivity contribution is 5.73. The lowest BCUT2D eigenvalue weighted by Gasteiger charge is -2.04. The molecule has 0 rings (SSSR count). The molecule has 9 heavy (non-hydrogen) atoms. The van der Waals surface area contributed by atoms with Crippen molar-refractivity contribution in [1.29, 1.82) is 0 Å². The Balaban J connectivity index is 3.17. The Bertz CT molecular complexity index is 92.2. The third-order valence-corrected chi connectivity index (χ3v) is 0.796. The molecule has 0 spiro atoms. The maximum Gasteiger partial charge on any atom is 0.314 e. The van der Waals surface area contributed by atoms with Gasteiger partial charge in [-0.1, -0.05) is 0 Å². The zero-order chi connectivity index (χ0) is 7.28. The SMILES string of the molecule is CNC(=O)NC[C@H](C)[NH]. The van der Waals surface area contributed by atoms with Crippen LogP contribution in [-0.2, 0) is 0 Å². The molecule has 0 aliphatic rings. The summed E-state index contributed by atoms with van der Waals surface area (Å²) in [6.45, 7) is 2.12. The van der Waals surface area contributed by atoms with Gasteiger partial charge in [-0.25, -0.2) is 4.79 Å². The molecule has 53 valence electrons. The minimum absolute atomic E-state index is 0.228. The van der Waals surface area contributed by atoms with E-state index in [1.54, 1.807) is 14.0 Å². The highest BCUT2D eigenvalue weighted by Crippen LogP contribution is 1.71. The Morgan fingerprint density at radius 3 is 2.67 bits per heavy atom. The average Bonchev–Trinajstić information content (AvgIpc) is 1.83. The predicted molar refractivity (Wildman–Crippen MR) is 35.0 cm³/mol. The summed E-state index contributed by atoms with van der Waals surface area (Å²) in [5.74, 6) is 0. The largest absolute Gasteiger partial charge is 0.341 e. The lowest BCUT2D eigenvalue weighted by molar-refractivity contribution is 0.242. The molecule has 0 heterocycles. The first kappa shape index (κ1) is 8.23. The van der Waals surface area contributed by atoms with Crippen LogP contribution >= 0.6 is 0 Å². The summed E-state index contributed by atoms with van der Waals surface area (Å²) in [7, 11) is 1.55. The van der Waals surface area contributed by atoms with Crippen LogP contribution in [0.25, 0.3) is 0 Å². The van der Waals surface area contributed by atoms with E-state index in [2.05, 4.69) is 10.6 Å². The molecule has 0 unspecified atom stereocenters. The van der Waals surface area contributed by atoms with Crippen molar-refractivity contribution >= 4 is 6.03 Å². The van der Waals surface area contributed by atoms with Crippen LogP contribution in [0.1, 0.15) is 6.92 Å². The molecule has 0 aromatic carbocycles. The fourth-order valence-corrected chi connectivity index (χ4v) is 0.334. The number of rotatable bonds is 2.